The molecule has 0 fully saturated rings. The summed E-state index contributed by atoms with van der Waals surface area (Å²) in [6, 6.07) is 44.6. The Morgan fingerprint density at radius 2 is 0.656 bits per heavy atom. The van der Waals surface area contributed by atoms with Gasteiger partial charge < -0.3 is 48.1 Å². The van der Waals surface area contributed by atoms with Gasteiger partial charge in [0.1, 0.15) is 0 Å². The molecule has 9 aromatic rings. The number of benzene rings is 6. The van der Waals surface area contributed by atoms with Crippen LogP contribution in [0.1, 0.15) is 39.3 Å². The number of nitrogens with two attached hydrogens (primary N) is 3. The van der Waals surface area contributed by atoms with Gasteiger partial charge in [-0.2, -0.15) is 0 Å². The summed E-state index contributed by atoms with van der Waals surface area (Å²) in [5, 5.41) is 12.1. The first-order valence-corrected chi connectivity index (χ1v) is 21.3. The maximum Gasteiger partial charge on any atom is 0.241 e. The summed E-state index contributed by atoms with van der Waals surface area (Å²) < 4.78 is 0. The van der Waals surface area contributed by atoms with E-state index in [9.17, 15) is 14.4 Å². The van der Waals surface area contributed by atoms with Crippen molar-refractivity contribution < 1.29 is 14.4 Å². The fraction of sp³-hybridized carbons (Fsp3) is 0.135. The van der Waals surface area contributed by atoms with Crippen molar-refractivity contribution in [2.45, 2.75) is 43.3 Å². The number of para-hydroxylation sites is 3. The lowest BCUT2D eigenvalue weighted by atomic mass is 9.85. The first-order chi connectivity index (χ1) is 31.2. The number of aromatic amines is 3. The highest BCUT2D eigenvalue weighted by atomic mass is 16.2. The highest BCUT2D eigenvalue weighted by molar-refractivity contribution is 5.97. The highest BCUT2D eigenvalue weighted by Gasteiger charge is 2.22. The van der Waals surface area contributed by atoms with Crippen LogP contribution in [0.4, 0.5) is 17.1 Å². The van der Waals surface area contributed by atoms with E-state index < -0.39 is 18.1 Å². The van der Waals surface area contributed by atoms with Gasteiger partial charge >= 0.3 is 0 Å². The molecule has 9 rings (SSSR count). The monoisotopic (exact) mass is 847 g/mol. The Balaban J connectivity index is 0.908. The average Bonchev–Trinajstić information content (AvgIpc) is 4.05. The molecule has 0 aliphatic heterocycles. The minimum Gasteiger partial charge on any atom is -0.361 e. The van der Waals surface area contributed by atoms with Crippen LogP contribution in [-0.4, -0.2) is 50.8 Å². The number of H-pyrrole nitrogens is 3. The lowest BCUT2D eigenvalue weighted by molar-refractivity contribution is -0.118. The van der Waals surface area contributed by atoms with Crippen molar-refractivity contribution in [3.63, 3.8) is 0 Å². The smallest absolute Gasteiger partial charge is 0.241 e. The topological polar surface area (TPSA) is 213 Å². The first kappa shape index (κ1) is 41.6. The Morgan fingerprint density at radius 1 is 0.391 bits per heavy atom. The van der Waals surface area contributed by atoms with Crippen LogP contribution >= 0.6 is 0 Å². The molecular formula is C52H49N9O3. The molecule has 3 amide bonds. The number of anilines is 3. The molecule has 0 spiro atoms. The van der Waals surface area contributed by atoms with E-state index in [0.29, 0.717) is 36.3 Å². The van der Waals surface area contributed by atoms with E-state index >= 15 is 0 Å². The largest absolute Gasteiger partial charge is 0.361 e. The molecule has 3 atom stereocenters. The molecule has 3 aromatic heterocycles. The molecule has 3 heterocycles. The maximum atomic E-state index is 13.3. The molecule has 0 aliphatic carbocycles. The second-order valence-electron chi connectivity index (χ2n) is 16.3. The Morgan fingerprint density at radius 3 is 0.938 bits per heavy atom. The minimum absolute atomic E-state index is 0.253. The van der Waals surface area contributed by atoms with Crippen LogP contribution < -0.4 is 33.2 Å². The summed E-state index contributed by atoms with van der Waals surface area (Å²) >= 11 is 0. The quantitative estimate of drug-likeness (QED) is 0.0469. The summed E-state index contributed by atoms with van der Waals surface area (Å²) in [6.45, 7) is 0. The van der Waals surface area contributed by atoms with Crippen molar-refractivity contribution >= 4 is 67.5 Å². The molecule has 0 radical (unpaired) electrons. The van der Waals surface area contributed by atoms with Crippen molar-refractivity contribution in [2.75, 3.05) is 16.0 Å². The van der Waals surface area contributed by atoms with Gasteiger partial charge in [-0.25, -0.2) is 0 Å². The molecule has 12 nitrogen and oxygen atoms in total. The number of nitrogens with one attached hydrogen (secondary N) is 6. The number of carbonyl (C=O) groups excluding carboxylic acids is 3. The summed E-state index contributed by atoms with van der Waals surface area (Å²) in [6.07, 6.45) is 6.85. The standard InChI is InChI=1S/C52H49N9O3/c53-43(25-34-28-56-46-10-4-1-7-40(34)46)50(62)59-37-19-13-31(14-20-37)49(32-15-21-38(22-16-32)60-51(63)44(54)26-35-29-57-47-11-5-2-8-41(35)47)33-17-23-39(24-18-33)61-52(64)45(55)27-36-30-58-48-12-6-3-9-42(36)48/h1-24,28-30,43-45,49,56-58H,25-27,53-55H2,(H,59,62)(H,60,63)(H,61,64)/t43-,44-,45-/m0/s1. The van der Waals surface area contributed by atoms with Gasteiger partial charge in [0.25, 0.3) is 0 Å². The van der Waals surface area contributed by atoms with Gasteiger partial charge in [0.2, 0.25) is 17.7 Å². The molecule has 0 saturated carbocycles. The number of hydrogen-bond acceptors (Lipinski definition) is 6. The van der Waals surface area contributed by atoms with Gasteiger partial charge in [0.05, 0.1) is 18.1 Å². The molecule has 64 heavy (non-hydrogen) atoms. The third-order valence-corrected chi connectivity index (χ3v) is 11.9. The van der Waals surface area contributed by atoms with Crippen molar-refractivity contribution in [3.05, 3.63) is 198 Å². The van der Waals surface area contributed by atoms with E-state index in [4.69, 9.17) is 17.2 Å². The Labute approximate surface area is 369 Å². The van der Waals surface area contributed by atoms with Crippen LogP contribution in [0.3, 0.4) is 0 Å². The van der Waals surface area contributed by atoms with E-state index in [1.807, 2.05) is 164 Å². The number of aromatic nitrogens is 3. The fourth-order valence-corrected chi connectivity index (χ4v) is 8.45. The second-order valence-corrected chi connectivity index (χ2v) is 16.3. The van der Waals surface area contributed by atoms with Gasteiger partial charge in [-0.1, -0.05) is 91.0 Å². The number of rotatable bonds is 15. The van der Waals surface area contributed by atoms with Gasteiger partial charge in [0.15, 0.2) is 0 Å². The Kier molecular flexibility index (Phi) is 11.9. The normalized spacial score (nSPS) is 12.9. The number of amides is 3. The van der Waals surface area contributed by atoms with Crippen LogP contribution in [0.5, 0.6) is 0 Å². The van der Waals surface area contributed by atoms with E-state index in [1.54, 1.807) is 0 Å². The fourth-order valence-electron chi connectivity index (χ4n) is 8.45. The van der Waals surface area contributed by atoms with Crippen LogP contribution in [0.2, 0.25) is 0 Å². The van der Waals surface area contributed by atoms with Crippen molar-refractivity contribution in [2.24, 2.45) is 17.2 Å². The maximum absolute atomic E-state index is 13.3. The predicted octanol–water partition coefficient (Wildman–Crippen LogP) is 7.84. The second kappa shape index (κ2) is 18.3. The SMILES string of the molecule is N[C@@H](Cc1c[nH]c2ccccc12)C(=O)Nc1ccc(C(c2ccc(NC(=O)[C@@H](N)Cc3c[nH]c4ccccc34)cc2)c2ccc(NC(=O)[C@@H](N)Cc3c[nH]c4ccccc34)cc2)cc1. The van der Waals surface area contributed by atoms with Crippen LogP contribution in [0, 0.1) is 0 Å². The molecule has 0 aliphatic rings. The molecule has 320 valence electrons. The molecule has 0 unspecified atom stereocenters. The zero-order valence-corrected chi connectivity index (χ0v) is 35.0. The summed E-state index contributed by atoms with van der Waals surface area (Å²) in [5.41, 5.74) is 29.8. The van der Waals surface area contributed by atoms with E-state index in [-0.39, 0.29) is 23.6 Å². The van der Waals surface area contributed by atoms with E-state index in [2.05, 4.69) is 30.9 Å². The highest BCUT2D eigenvalue weighted by Crippen LogP contribution is 2.34. The van der Waals surface area contributed by atoms with Crippen molar-refractivity contribution in [3.8, 4) is 0 Å². The lowest BCUT2D eigenvalue weighted by Crippen LogP contribution is -2.37. The van der Waals surface area contributed by atoms with Crippen molar-refractivity contribution in [1.29, 1.82) is 0 Å². The predicted molar refractivity (Wildman–Crippen MR) is 256 cm³/mol. The van der Waals surface area contributed by atoms with Gasteiger partial charge in [-0.15, -0.1) is 0 Å². The molecule has 12 N–H and O–H groups in total. The van der Waals surface area contributed by atoms with E-state index in [1.165, 1.54) is 0 Å². The minimum atomic E-state index is -0.754. The Hall–Kier alpha value is -7.77. The van der Waals surface area contributed by atoms with Crippen molar-refractivity contribution in [1.82, 2.24) is 15.0 Å². The molecule has 6 aromatic carbocycles. The number of fused-ring (bicyclic) bond motifs is 3. The van der Waals surface area contributed by atoms with Gasteiger partial charge in [-0.05, 0) is 107 Å². The molecular weight excluding hydrogens is 799 g/mol. The third-order valence-electron chi connectivity index (χ3n) is 11.9. The lowest BCUT2D eigenvalue weighted by Gasteiger charge is -2.21. The summed E-state index contributed by atoms with van der Waals surface area (Å²) in [4.78, 5) is 49.6. The van der Waals surface area contributed by atoms with Gasteiger partial charge in [0, 0.05) is 74.3 Å². The molecule has 0 saturated heterocycles. The third kappa shape index (κ3) is 9.06. The van der Waals surface area contributed by atoms with Crippen LogP contribution in [-0.2, 0) is 33.6 Å². The van der Waals surface area contributed by atoms with E-state index in [0.717, 1.165) is 66.1 Å². The summed E-state index contributed by atoms with van der Waals surface area (Å²) in [5.74, 6) is -1.11. The van der Waals surface area contributed by atoms with Gasteiger partial charge in [-0.3, -0.25) is 14.4 Å². The summed E-state index contributed by atoms with van der Waals surface area (Å²) in [7, 11) is 0. The molecule has 0 bridgehead atoms. The zero-order chi connectivity index (χ0) is 44.2. The number of hydrogen-bond donors (Lipinski definition) is 9. The number of carbonyl (C=O) groups is 3. The van der Waals surface area contributed by atoms with Crippen LogP contribution in [0.25, 0.3) is 32.7 Å². The average molecular weight is 848 g/mol. The Bertz CT molecular complexity index is 2740. The molecule has 12 heteroatoms. The zero-order valence-electron chi connectivity index (χ0n) is 35.0. The van der Waals surface area contributed by atoms with Crippen LogP contribution in [0.15, 0.2) is 164 Å². The first-order valence-electron chi connectivity index (χ1n) is 21.3.